The molecule has 0 spiro atoms. The molecule has 18 heavy (non-hydrogen) atoms. The number of anilines is 1. The van der Waals surface area contributed by atoms with Crippen molar-refractivity contribution >= 4 is 11.7 Å². The summed E-state index contributed by atoms with van der Waals surface area (Å²) in [6, 6.07) is 2.92. The lowest BCUT2D eigenvalue weighted by Gasteiger charge is -2.22. The number of nitrogens with zero attached hydrogens (tertiary/aromatic N) is 1. The highest BCUT2D eigenvalue weighted by Gasteiger charge is 2.25. The second-order valence-corrected chi connectivity index (χ2v) is 4.16. The first kappa shape index (κ1) is 12.7. The van der Waals surface area contributed by atoms with Crippen LogP contribution in [0.4, 0.5) is 10.1 Å². The Hall–Kier alpha value is -1.78. The lowest BCUT2D eigenvalue weighted by molar-refractivity contribution is 0.0591. The second-order valence-electron chi connectivity index (χ2n) is 4.16. The first-order valence-corrected chi connectivity index (χ1v) is 5.88. The molecule has 0 aliphatic carbocycles. The van der Waals surface area contributed by atoms with E-state index in [0.717, 1.165) is 31.6 Å². The Morgan fingerprint density at radius 3 is 2.50 bits per heavy atom. The van der Waals surface area contributed by atoms with Crippen molar-refractivity contribution in [1.82, 2.24) is 0 Å². The van der Waals surface area contributed by atoms with Crippen LogP contribution in [-0.2, 0) is 4.74 Å². The van der Waals surface area contributed by atoms with Gasteiger partial charge >= 0.3 is 5.97 Å². The molecule has 1 fully saturated rings. The second kappa shape index (κ2) is 5.25. The van der Waals surface area contributed by atoms with Crippen molar-refractivity contribution in [3.8, 4) is 5.75 Å². The molecule has 1 aliphatic rings. The van der Waals surface area contributed by atoms with Crippen LogP contribution in [0.25, 0.3) is 0 Å². The highest BCUT2D eigenvalue weighted by Crippen LogP contribution is 2.35. The zero-order valence-corrected chi connectivity index (χ0v) is 10.5. The van der Waals surface area contributed by atoms with E-state index in [4.69, 9.17) is 4.74 Å². The number of methoxy groups -OCH3 is 2. The summed E-state index contributed by atoms with van der Waals surface area (Å²) in [5, 5.41) is 0. The van der Waals surface area contributed by atoms with Crippen molar-refractivity contribution in [2.75, 3.05) is 32.2 Å². The van der Waals surface area contributed by atoms with E-state index < -0.39 is 11.8 Å². The molecule has 0 bridgehead atoms. The molecule has 0 amide bonds. The third-order valence-electron chi connectivity index (χ3n) is 3.13. The molecular weight excluding hydrogens is 237 g/mol. The maximum absolute atomic E-state index is 13.7. The number of halogens is 1. The largest absolute Gasteiger partial charge is 0.494 e. The van der Waals surface area contributed by atoms with Gasteiger partial charge in [0.25, 0.3) is 0 Å². The van der Waals surface area contributed by atoms with Gasteiger partial charge in [0.15, 0.2) is 5.75 Å². The van der Waals surface area contributed by atoms with Crippen molar-refractivity contribution in [3.05, 3.63) is 23.5 Å². The van der Waals surface area contributed by atoms with Gasteiger partial charge in [-0.1, -0.05) is 0 Å². The van der Waals surface area contributed by atoms with Crippen molar-refractivity contribution in [1.29, 1.82) is 0 Å². The van der Waals surface area contributed by atoms with Crippen LogP contribution in [0.3, 0.4) is 0 Å². The molecule has 4 nitrogen and oxygen atoms in total. The van der Waals surface area contributed by atoms with Gasteiger partial charge in [-0.25, -0.2) is 9.18 Å². The van der Waals surface area contributed by atoms with Crippen molar-refractivity contribution in [2.45, 2.75) is 12.8 Å². The number of hydrogen-bond donors (Lipinski definition) is 0. The average Bonchev–Trinajstić information content (AvgIpc) is 2.91. The molecule has 0 radical (unpaired) electrons. The summed E-state index contributed by atoms with van der Waals surface area (Å²) in [7, 11) is 2.66. The van der Waals surface area contributed by atoms with Gasteiger partial charge in [0.1, 0.15) is 11.4 Å². The number of benzene rings is 1. The first-order valence-electron chi connectivity index (χ1n) is 5.88. The van der Waals surface area contributed by atoms with Crippen molar-refractivity contribution < 1.29 is 18.7 Å². The molecule has 1 aromatic rings. The molecule has 0 aromatic heterocycles. The van der Waals surface area contributed by atoms with E-state index in [1.54, 1.807) is 6.07 Å². The van der Waals surface area contributed by atoms with E-state index in [2.05, 4.69) is 9.64 Å². The Morgan fingerprint density at radius 1 is 1.28 bits per heavy atom. The third-order valence-corrected chi connectivity index (χ3v) is 3.13. The van der Waals surface area contributed by atoms with Crippen LogP contribution in [0.1, 0.15) is 23.2 Å². The number of esters is 1. The van der Waals surface area contributed by atoms with E-state index in [-0.39, 0.29) is 11.3 Å². The molecule has 0 atom stereocenters. The zero-order valence-electron chi connectivity index (χ0n) is 10.5. The minimum Gasteiger partial charge on any atom is -0.494 e. The Morgan fingerprint density at radius 2 is 1.94 bits per heavy atom. The summed E-state index contributed by atoms with van der Waals surface area (Å²) in [6.45, 7) is 1.78. The normalized spacial score (nSPS) is 14.7. The molecule has 1 aromatic carbocycles. The van der Waals surface area contributed by atoms with Crippen LogP contribution >= 0.6 is 0 Å². The fraction of sp³-hybridized carbons (Fsp3) is 0.462. The Balaban J connectivity index is 2.50. The van der Waals surface area contributed by atoms with E-state index in [9.17, 15) is 9.18 Å². The number of carbonyl (C=O) groups excluding carboxylic acids is 1. The first-order chi connectivity index (χ1) is 8.69. The predicted octanol–water partition coefficient (Wildman–Crippen LogP) is 2.22. The van der Waals surface area contributed by atoms with E-state index in [1.165, 1.54) is 20.3 Å². The molecule has 98 valence electrons. The topological polar surface area (TPSA) is 38.8 Å². The van der Waals surface area contributed by atoms with Crippen LogP contribution in [0.5, 0.6) is 5.75 Å². The fourth-order valence-corrected chi connectivity index (χ4v) is 2.25. The highest BCUT2D eigenvalue weighted by molar-refractivity contribution is 5.95. The van der Waals surface area contributed by atoms with Crippen LogP contribution in [0.2, 0.25) is 0 Å². The summed E-state index contributed by atoms with van der Waals surface area (Å²) >= 11 is 0. The van der Waals surface area contributed by atoms with E-state index in [1.807, 2.05) is 0 Å². The molecule has 1 saturated heterocycles. The maximum atomic E-state index is 13.7. The molecule has 1 aliphatic heterocycles. The standard InChI is InChI=1S/C13H16FNO3/c1-17-12-10(15-7-3-4-8-15)6-5-9(14)11(12)13(16)18-2/h5-6H,3-4,7-8H2,1-2H3. The number of carbonyl (C=O) groups is 1. The van der Waals surface area contributed by atoms with Gasteiger partial charge in [0, 0.05) is 13.1 Å². The third kappa shape index (κ3) is 2.12. The molecule has 0 saturated carbocycles. The van der Waals surface area contributed by atoms with Crippen LogP contribution in [0.15, 0.2) is 12.1 Å². The molecule has 0 N–H and O–H groups in total. The minimum absolute atomic E-state index is 0.135. The lowest BCUT2D eigenvalue weighted by Crippen LogP contribution is -2.20. The summed E-state index contributed by atoms with van der Waals surface area (Å²) in [5.74, 6) is -1.09. The molecule has 5 heteroatoms. The molecule has 2 rings (SSSR count). The van der Waals surface area contributed by atoms with Gasteiger partial charge in [0.05, 0.1) is 19.9 Å². The van der Waals surface area contributed by atoms with Gasteiger partial charge in [-0.3, -0.25) is 0 Å². The number of rotatable bonds is 3. The molecule has 1 heterocycles. The summed E-state index contributed by atoms with van der Waals surface area (Å²) in [6.07, 6.45) is 2.18. The number of ether oxygens (including phenoxy) is 2. The van der Waals surface area contributed by atoms with Crippen LogP contribution < -0.4 is 9.64 Å². The van der Waals surface area contributed by atoms with Gasteiger partial charge in [-0.15, -0.1) is 0 Å². The van der Waals surface area contributed by atoms with Gasteiger partial charge in [-0.2, -0.15) is 0 Å². The van der Waals surface area contributed by atoms with Crippen LogP contribution in [-0.4, -0.2) is 33.3 Å². The van der Waals surface area contributed by atoms with Crippen LogP contribution in [0, 0.1) is 5.82 Å². The molecule has 0 unspecified atom stereocenters. The SMILES string of the molecule is COC(=O)c1c(F)ccc(N2CCCC2)c1OC. The summed E-state index contributed by atoms with van der Waals surface area (Å²) in [4.78, 5) is 13.7. The van der Waals surface area contributed by atoms with Gasteiger partial charge in [-0.05, 0) is 25.0 Å². The summed E-state index contributed by atoms with van der Waals surface area (Å²) < 4.78 is 23.6. The Bertz CT molecular complexity index is 456. The van der Waals surface area contributed by atoms with E-state index in [0.29, 0.717) is 0 Å². The lowest BCUT2D eigenvalue weighted by atomic mass is 10.1. The number of hydrogen-bond acceptors (Lipinski definition) is 4. The Labute approximate surface area is 105 Å². The zero-order chi connectivity index (χ0) is 13.1. The van der Waals surface area contributed by atoms with E-state index >= 15 is 0 Å². The average molecular weight is 253 g/mol. The van der Waals surface area contributed by atoms with Gasteiger partial charge in [0.2, 0.25) is 0 Å². The van der Waals surface area contributed by atoms with Crippen molar-refractivity contribution in [3.63, 3.8) is 0 Å². The smallest absolute Gasteiger partial charge is 0.344 e. The van der Waals surface area contributed by atoms with Crippen molar-refractivity contribution in [2.24, 2.45) is 0 Å². The Kier molecular flexibility index (Phi) is 3.69. The molecular formula is C13H16FNO3. The maximum Gasteiger partial charge on any atom is 0.344 e. The predicted molar refractivity (Wildman–Crippen MR) is 65.7 cm³/mol. The quantitative estimate of drug-likeness (QED) is 0.774. The van der Waals surface area contributed by atoms with Gasteiger partial charge < -0.3 is 14.4 Å². The fourth-order valence-electron chi connectivity index (χ4n) is 2.25. The monoisotopic (exact) mass is 253 g/mol. The summed E-state index contributed by atoms with van der Waals surface area (Å²) in [5.41, 5.74) is 0.612. The minimum atomic E-state index is -0.717. The highest BCUT2D eigenvalue weighted by atomic mass is 19.1.